The summed E-state index contributed by atoms with van der Waals surface area (Å²) in [4.78, 5) is 5.18. The monoisotopic (exact) mass is 513 g/mol. The van der Waals surface area contributed by atoms with Gasteiger partial charge in [-0.3, -0.25) is 0 Å². The maximum atomic E-state index is 6.49. The highest BCUT2D eigenvalue weighted by Crippen LogP contribution is 2.53. The van der Waals surface area contributed by atoms with Crippen LogP contribution in [0.15, 0.2) is 132 Å². The maximum absolute atomic E-state index is 6.49. The van der Waals surface area contributed by atoms with E-state index in [2.05, 4.69) is 129 Å². The number of hydrogen-bond donors (Lipinski definition) is 0. The Balaban J connectivity index is 1.33. The molecular formula is C38H27NO. The normalized spacial score (nSPS) is 13.4. The molecule has 2 heteroatoms. The molecule has 190 valence electrons. The number of nitrogens with zero attached hydrogens (tertiary/aromatic N) is 1. The second-order valence-corrected chi connectivity index (χ2v) is 11.2. The van der Waals surface area contributed by atoms with Crippen molar-refractivity contribution >= 4 is 21.9 Å². The van der Waals surface area contributed by atoms with Crippen molar-refractivity contribution in [3.05, 3.63) is 139 Å². The Morgan fingerprint density at radius 2 is 1.20 bits per heavy atom. The van der Waals surface area contributed by atoms with E-state index in [1.165, 1.54) is 38.6 Å². The van der Waals surface area contributed by atoms with E-state index in [9.17, 15) is 0 Å². The van der Waals surface area contributed by atoms with Crippen LogP contribution in [0.25, 0.3) is 66.7 Å². The molecular weight excluding hydrogens is 486 g/mol. The first kappa shape index (κ1) is 23.0. The second kappa shape index (κ2) is 8.53. The molecule has 0 fully saturated rings. The minimum atomic E-state index is -0.175. The fourth-order valence-corrected chi connectivity index (χ4v) is 6.47. The van der Waals surface area contributed by atoms with Crippen molar-refractivity contribution < 1.29 is 4.42 Å². The fourth-order valence-electron chi connectivity index (χ4n) is 6.47. The van der Waals surface area contributed by atoms with Crippen LogP contribution in [0.3, 0.4) is 0 Å². The lowest BCUT2D eigenvalue weighted by Crippen LogP contribution is -2.15. The highest BCUT2D eigenvalue weighted by molar-refractivity contribution is 6.09. The van der Waals surface area contributed by atoms with Crippen LogP contribution in [-0.4, -0.2) is 4.98 Å². The average Bonchev–Trinajstić information content (AvgIpc) is 3.50. The number of pyridine rings is 1. The molecule has 5 aromatic carbocycles. The van der Waals surface area contributed by atoms with Gasteiger partial charge < -0.3 is 4.42 Å². The maximum Gasteiger partial charge on any atom is 0.140 e. The lowest BCUT2D eigenvalue weighted by molar-refractivity contribution is 0.620. The van der Waals surface area contributed by atoms with E-state index < -0.39 is 0 Å². The molecule has 2 aromatic heterocycles. The third kappa shape index (κ3) is 3.39. The molecule has 7 aromatic rings. The second-order valence-electron chi connectivity index (χ2n) is 11.2. The summed E-state index contributed by atoms with van der Waals surface area (Å²) in [5.74, 6) is 0. The van der Waals surface area contributed by atoms with Crippen molar-refractivity contribution in [1.82, 2.24) is 4.98 Å². The van der Waals surface area contributed by atoms with Gasteiger partial charge in [-0.05, 0) is 58.1 Å². The summed E-state index contributed by atoms with van der Waals surface area (Å²) in [5.41, 5.74) is 13.4. The Morgan fingerprint density at radius 1 is 0.525 bits per heavy atom. The lowest BCUT2D eigenvalue weighted by Gasteiger charge is -2.21. The van der Waals surface area contributed by atoms with Gasteiger partial charge in [0.05, 0.1) is 11.4 Å². The molecule has 1 aliphatic rings. The quantitative estimate of drug-likeness (QED) is 0.235. The average molecular weight is 514 g/mol. The van der Waals surface area contributed by atoms with E-state index in [1.807, 2.05) is 12.1 Å². The van der Waals surface area contributed by atoms with Crippen molar-refractivity contribution in [2.24, 2.45) is 0 Å². The summed E-state index contributed by atoms with van der Waals surface area (Å²) in [6.45, 7) is 4.62. The zero-order chi connectivity index (χ0) is 26.8. The van der Waals surface area contributed by atoms with Gasteiger partial charge in [0.25, 0.3) is 0 Å². The summed E-state index contributed by atoms with van der Waals surface area (Å²) in [7, 11) is 0. The van der Waals surface area contributed by atoms with Gasteiger partial charge >= 0.3 is 0 Å². The first-order valence-electron chi connectivity index (χ1n) is 13.8. The Kier molecular flexibility index (Phi) is 4.90. The molecule has 40 heavy (non-hydrogen) atoms. The van der Waals surface area contributed by atoms with Crippen molar-refractivity contribution in [3.63, 3.8) is 0 Å². The number of furan rings is 1. The van der Waals surface area contributed by atoms with Crippen LogP contribution in [0.1, 0.15) is 25.0 Å². The molecule has 2 nitrogen and oxygen atoms in total. The van der Waals surface area contributed by atoms with Crippen molar-refractivity contribution in [3.8, 4) is 44.8 Å². The predicted octanol–water partition coefficient (Wildman–Crippen LogP) is 10.3. The number of rotatable bonds is 3. The highest BCUT2D eigenvalue weighted by atomic mass is 16.3. The van der Waals surface area contributed by atoms with Gasteiger partial charge in [0.2, 0.25) is 0 Å². The number of aromatic nitrogens is 1. The number of fused-ring (bicyclic) bond motifs is 7. The molecule has 0 unspecified atom stereocenters. The van der Waals surface area contributed by atoms with Crippen molar-refractivity contribution in [2.75, 3.05) is 0 Å². The smallest absolute Gasteiger partial charge is 0.140 e. The lowest BCUT2D eigenvalue weighted by atomic mass is 9.81. The third-order valence-corrected chi connectivity index (χ3v) is 8.45. The van der Waals surface area contributed by atoms with Gasteiger partial charge in [0.1, 0.15) is 11.2 Å². The van der Waals surface area contributed by atoms with Crippen LogP contribution in [-0.2, 0) is 5.41 Å². The minimum absolute atomic E-state index is 0.175. The van der Waals surface area contributed by atoms with Gasteiger partial charge in [0.15, 0.2) is 0 Å². The molecule has 0 aliphatic heterocycles. The predicted molar refractivity (Wildman–Crippen MR) is 165 cm³/mol. The van der Waals surface area contributed by atoms with Gasteiger partial charge in [-0.15, -0.1) is 0 Å². The number of benzene rings is 5. The Morgan fingerprint density at radius 3 is 1.98 bits per heavy atom. The summed E-state index contributed by atoms with van der Waals surface area (Å²) < 4.78 is 6.49. The van der Waals surface area contributed by atoms with E-state index in [1.54, 1.807) is 0 Å². The van der Waals surface area contributed by atoms with Gasteiger partial charge in [-0.1, -0.05) is 111 Å². The molecule has 0 saturated carbocycles. The largest absolute Gasteiger partial charge is 0.456 e. The topological polar surface area (TPSA) is 26.0 Å². The Hall–Kier alpha value is -4.95. The SMILES string of the molecule is CC1(C)c2ccc(-c3cc(-c4ccccc4)cc(-c4ccccc4)n3)cc2-c2ccc3c(oc4ccccc43)c21. The van der Waals surface area contributed by atoms with Crippen molar-refractivity contribution in [2.45, 2.75) is 19.3 Å². The van der Waals surface area contributed by atoms with Gasteiger partial charge in [-0.2, -0.15) is 0 Å². The van der Waals surface area contributed by atoms with E-state index in [0.717, 1.165) is 39.2 Å². The highest BCUT2D eigenvalue weighted by Gasteiger charge is 2.38. The molecule has 1 aliphatic carbocycles. The third-order valence-electron chi connectivity index (χ3n) is 8.45. The summed E-state index contributed by atoms with van der Waals surface area (Å²) in [6, 6.07) is 45.1. The van der Waals surface area contributed by atoms with Crippen molar-refractivity contribution in [1.29, 1.82) is 0 Å². The molecule has 2 heterocycles. The zero-order valence-electron chi connectivity index (χ0n) is 22.5. The molecule has 0 saturated heterocycles. The Labute approximate surface area is 233 Å². The van der Waals surface area contributed by atoms with Gasteiger partial charge in [0, 0.05) is 32.9 Å². The molecule has 8 rings (SSSR count). The van der Waals surface area contributed by atoms with Crippen LogP contribution >= 0.6 is 0 Å². The van der Waals surface area contributed by atoms with E-state index >= 15 is 0 Å². The molecule has 0 N–H and O–H groups in total. The van der Waals surface area contributed by atoms with Crippen LogP contribution < -0.4 is 0 Å². The van der Waals surface area contributed by atoms with E-state index in [-0.39, 0.29) is 5.41 Å². The summed E-state index contributed by atoms with van der Waals surface area (Å²) in [5, 5.41) is 2.35. The van der Waals surface area contributed by atoms with E-state index in [0.29, 0.717) is 0 Å². The Bertz CT molecular complexity index is 2010. The van der Waals surface area contributed by atoms with Gasteiger partial charge in [-0.25, -0.2) is 4.98 Å². The molecule has 0 atom stereocenters. The first-order chi connectivity index (χ1) is 19.6. The molecule has 0 amide bonds. The fraction of sp³-hybridized carbons (Fsp3) is 0.0789. The minimum Gasteiger partial charge on any atom is -0.456 e. The van der Waals surface area contributed by atoms with E-state index in [4.69, 9.17) is 9.40 Å². The first-order valence-corrected chi connectivity index (χ1v) is 13.8. The molecule has 0 spiro atoms. The molecule has 0 bridgehead atoms. The standard InChI is InChI=1S/C38H27NO/c1-38(2)32-20-17-26(21-31(32)29-18-19-30-28-15-9-10-16-35(28)40-37(30)36(29)38)34-23-27(24-11-5-3-6-12-24)22-33(39-34)25-13-7-4-8-14-25/h3-23H,1-2H3. The summed E-state index contributed by atoms with van der Waals surface area (Å²) in [6.07, 6.45) is 0. The zero-order valence-corrected chi connectivity index (χ0v) is 22.5. The molecule has 0 radical (unpaired) electrons. The number of hydrogen-bond acceptors (Lipinski definition) is 2. The van der Waals surface area contributed by atoms with Crippen LogP contribution in [0.4, 0.5) is 0 Å². The van der Waals surface area contributed by atoms with Crippen LogP contribution in [0.2, 0.25) is 0 Å². The summed E-state index contributed by atoms with van der Waals surface area (Å²) >= 11 is 0. The van der Waals surface area contributed by atoms with Crippen LogP contribution in [0.5, 0.6) is 0 Å². The van der Waals surface area contributed by atoms with Crippen LogP contribution in [0, 0.1) is 0 Å². The number of para-hydroxylation sites is 1.